The van der Waals surface area contributed by atoms with E-state index in [4.69, 9.17) is 4.42 Å². The first kappa shape index (κ1) is 30.0. The number of para-hydroxylation sites is 1. The van der Waals surface area contributed by atoms with Gasteiger partial charge in [-0.1, -0.05) is 141 Å². The Morgan fingerprint density at radius 3 is 1.87 bits per heavy atom. The fourth-order valence-electron chi connectivity index (χ4n) is 9.19. The second-order valence-corrected chi connectivity index (χ2v) is 14.9. The molecule has 0 spiro atoms. The maximum Gasteiger partial charge on any atom is 0.136 e. The lowest BCUT2D eigenvalue weighted by molar-refractivity contribution is 0.660. The largest absolute Gasteiger partial charge is 0.456 e. The van der Waals surface area contributed by atoms with Crippen molar-refractivity contribution in [1.82, 2.24) is 0 Å². The summed E-state index contributed by atoms with van der Waals surface area (Å²) in [4.78, 5) is 2.48. The lowest BCUT2D eigenvalue weighted by Crippen LogP contribution is -2.16. The van der Waals surface area contributed by atoms with E-state index in [0.29, 0.717) is 0 Å². The average molecular weight is 678 g/mol. The zero-order valence-electron chi connectivity index (χ0n) is 29.6. The summed E-state index contributed by atoms with van der Waals surface area (Å²) in [6.07, 6.45) is 0. The van der Waals surface area contributed by atoms with Gasteiger partial charge in [0.15, 0.2) is 0 Å². The van der Waals surface area contributed by atoms with Crippen LogP contribution in [0.2, 0.25) is 0 Å². The average Bonchev–Trinajstić information content (AvgIpc) is 3.70. The standard InChI is InChI=1S/C51H35NO/c1-51(2)43-23-10-8-18-36(43)37-27-26-35(31-44(37)51)52(34-17-12-16-33(30-34)32-14-4-3-5-15-32)45-24-13-22-39-41-28-29-47-50(42-21-9-11-25-46(42)53-47)49(41)40-20-7-6-19-38(40)48(39)45/h3-31H,1-2H3. The van der Waals surface area contributed by atoms with Gasteiger partial charge in [-0.15, -0.1) is 0 Å². The highest BCUT2D eigenvalue weighted by Gasteiger charge is 2.36. The van der Waals surface area contributed by atoms with Crippen molar-refractivity contribution in [2.45, 2.75) is 19.3 Å². The summed E-state index contributed by atoms with van der Waals surface area (Å²) >= 11 is 0. The molecule has 10 aromatic rings. The first-order chi connectivity index (χ1) is 26.1. The molecule has 0 saturated carbocycles. The predicted molar refractivity (Wildman–Crippen MR) is 224 cm³/mol. The highest BCUT2D eigenvalue weighted by atomic mass is 16.3. The van der Waals surface area contributed by atoms with E-state index < -0.39 is 0 Å². The summed E-state index contributed by atoms with van der Waals surface area (Å²) in [6.45, 7) is 4.72. The molecular weight excluding hydrogens is 643 g/mol. The van der Waals surface area contributed by atoms with Gasteiger partial charge in [-0.3, -0.25) is 0 Å². The van der Waals surface area contributed by atoms with Gasteiger partial charge in [-0.05, 0) is 103 Å². The minimum Gasteiger partial charge on any atom is -0.456 e. The summed E-state index contributed by atoms with van der Waals surface area (Å²) in [5, 5.41) is 9.69. The Morgan fingerprint density at radius 1 is 0.396 bits per heavy atom. The Hall–Kier alpha value is -6.64. The molecule has 9 aromatic carbocycles. The van der Waals surface area contributed by atoms with Crippen LogP contribution in [0.3, 0.4) is 0 Å². The van der Waals surface area contributed by atoms with E-state index in [2.05, 4.69) is 189 Å². The summed E-state index contributed by atoms with van der Waals surface area (Å²) in [5.74, 6) is 0. The fourth-order valence-corrected chi connectivity index (χ4v) is 9.19. The van der Waals surface area contributed by atoms with Crippen LogP contribution in [0.4, 0.5) is 17.1 Å². The van der Waals surface area contributed by atoms with Crippen LogP contribution in [0.1, 0.15) is 25.0 Å². The number of fused-ring (bicyclic) bond motifs is 13. The van der Waals surface area contributed by atoms with Gasteiger partial charge in [0, 0.05) is 38.3 Å². The molecule has 2 nitrogen and oxygen atoms in total. The maximum absolute atomic E-state index is 6.42. The van der Waals surface area contributed by atoms with E-state index in [-0.39, 0.29) is 5.41 Å². The third kappa shape index (κ3) is 4.33. The Kier molecular flexibility index (Phi) is 6.33. The van der Waals surface area contributed by atoms with Gasteiger partial charge in [0.25, 0.3) is 0 Å². The summed E-state index contributed by atoms with van der Waals surface area (Å²) in [5.41, 5.74) is 12.9. The van der Waals surface area contributed by atoms with Crippen LogP contribution in [0.5, 0.6) is 0 Å². The molecule has 0 fully saturated rings. The molecule has 0 amide bonds. The van der Waals surface area contributed by atoms with Crippen LogP contribution in [-0.4, -0.2) is 0 Å². The van der Waals surface area contributed by atoms with Crippen molar-refractivity contribution < 1.29 is 4.42 Å². The smallest absolute Gasteiger partial charge is 0.136 e. The van der Waals surface area contributed by atoms with E-state index in [1.807, 2.05) is 6.07 Å². The molecule has 0 unspecified atom stereocenters. The van der Waals surface area contributed by atoms with E-state index in [9.17, 15) is 0 Å². The van der Waals surface area contributed by atoms with Crippen molar-refractivity contribution in [2.24, 2.45) is 0 Å². The molecule has 1 aliphatic carbocycles. The first-order valence-electron chi connectivity index (χ1n) is 18.4. The topological polar surface area (TPSA) is 16.4 Å². The molecule has 0 aliphatic heterocycles. The Morgan fingerprint density at radius 2 is 1.02 bits per heavy atom. The number of rotatable bonds is 4. The molecule has 2 heteroatoms. The SMILES string of the molecule is CC1(C)c2ccccc2-c2ccc(N(c3cccc(-c4ccccc4)c3)c3cccc4c5ccc6oc7ccccc7c6c5c5ccccc5c34)cc21. The van der Waals surface area contributed by atoms with Crippen LogP contribution in [0, 0.1) is 0 Å². The van der Waals surface area contributed by atoms with Crippen molar-refractivity contribution in [2.75, 3.05) is 4.90 Å². The molecule has 250 valence electrons. The molecular formula is C51H35NO. The number of anilines is 3. The van der Waals surface area contributed by atoms with E-state index in [1.54, 1.807) is 0 Å². The van der Waals surface area contributed by atoms with Crippen LogP contribution in [-0.2, 0) is 5.41 Å². The highest BCUT2D eigenvalue weighted by Crippen LogP contribution is 2.52. The zero-order valence-corrected chi connectivity index (χ0v) is 29.6. The number of nitrogens with zero attached hydrogens (tertiary/aromatic N) is 1. The van der Waals surface area contributed by atoms with E-state index >= 15 is 0 Å². The zero-order chi connectivity index (χ0) is 35.3. The lowest BCUT2D eigenvalue weighted by atomic mass is 9.82. The molecule has 1 aromatic heterocycles. The highest BCUT2D eigenvalue weighted by molar-refractivity contribution is 6.36. The molecule has 1 heterocycles. The van der Waals surface area contributed by atoms with E-state index in [1.165, 1.54) is 71.1 Å². The van der Waals surface area contributed by atoms with Gasteiger partial charge in [0.05, 0.1) is 5.69 Å². The van der Waals surface area contributed by atoms with Crippen molar-refractivity contribution in [3.63, 3.8) is 0 Å². The van der Waals surface area contributed by atoms with Gasteiger partial charge < -0.3 is 9.32 Å². The van der Waals surface area contributed by atoms with Gasteiger partial charge in [-0.25, -0.2) is 0 Å². The second kappa shape index (κ2) is 11.2. The lowest BCUT2D eigenvalue weighted by Gasteiger charge is -2.30. The van der Waals surface area contributed by atoms with Crippen LogP contribution < -0.4 is 4.90 Å². The van der Waals surface area contributed by atoms with Gasteiger partial charge >= 0.3 is 0 Å². The van der Waals surface area contributed by atoms with E-state index in [0.717, 1.165) is 33.6 Å². The molecule has 1 aliphatic rings. The molecule has 0 radical (unpaired) electrons. The first-order valence-corrected chi connectivity index (χ1v) is 18.4. The minimum atomic E-state index is -0.125. The van der Waals surface area contributed by atoms with Crippen LogP contribution >= 0.6 is 0 Å². The van der Waals surface area contributed by atoms with Gasteiger partial charge in [-0.2, -0.15) is 0 Å². The quantitative estimate of drug-likeness (QED) is 0.172. The summed E-state index contributed by atoms with van der Waals surface area (Å²) in [6, 6.07) is 64.2. The monoisotopic (exact) mass is 677 g/mol. The Labute approximate surface area is 308 Å². The molecule has 53 heavy (non-hydrogen) atoms. The van der Waals surface area contributed by atoms with Gasteiger partial charge in [0.1, 0.15) is 11.2 Å². The fraction of sp³-hybridized carbons (Fsp3) is 0.0588. The second-order valence-electron chi connectivity index (χ2n) is 14.9. The predicted octanol–water partition coefficient (Wildman–Crippen LogP) is 14.5. The Balaban J connectivity index is 1.24. The number of benzene rings is 9. The van der Waals surface area contributed by atoms with Crippen molar-refractivity contribution in [1.29, 1.82) is 0 Å². The van der Waals surface area contributed by atoms with Crippen molar-refractivity contribution in [3.05, 3.63) is 187 Å². The minimum absolute atomic E-state index is 0.125. The molecule has 11 rings (SSSR count). The van der Waals surface area contributed by atoms with Crippen molar-refractivity contribution >= 4 is 71.3 Å². The summed E-state index contributed by atoms with van der Waals surface area (Å²) in [7, 11) is 0. The number of hydrogen-bond donors (Lipinski definition) is 0. The Bertz CT molecular complexity index is 3060. The summed E-state index contributed by atoms with van der Waals surface area (Å²) < 4.78 is 6.42. The third-order valence-corrected chi connectivity index (χ3v) is 11.6. The van der Waals surface area contributed by atoms with Gasteiger partial charge in [0.2, 0.25) is 0 Å². The molecule has 0 saturated heterocycles. The van der Waals surface area contributed by atoms with Crippen molar-refractivity contribution in [3.8, 4) is 22.3 Å². The normalized spacial score (nSPS) is 13.2. The molecule has 0 atom stereocenters. The molecule has 0 bridgehead atoms. The number of hydrogen-bond acceptors (Lipinski definition) is 2. The van der Waals surface area contributed by atoms with Crippen LogP contribution in [0.25, 0.3) is 76.5 Å². The maximum atomic E-state index is 6.42. The van der Waals surface area contributed by atoms with Crippen LogP contribution in [0.15, 0.2) is 180 Å². The number of furan rings is 1. The third-order valence-electron chi connectivity index (χ3n) is 11.6. The molecule has 0 N–H and O–H groups in total.